The Morgan fingerprint density at radius 2 is 2.00 bits per heavy atom. The van der Waals surface area contributed by atoms with Crippen LogP contribution in [-0.4, -0.2) is 22.5 Å². The zero-order valence-corrected chi connectivity index (χ0v) is 14.3. The number of nitrogens with zero attached hydrogens (tertiary/aromatic N) is 1. The smallest absolute Gasteiger partial charge is 0.265 e. The predicted octanol–water partition coefficient (Wildman–Crippen LogP) is 4.37. The number of thiophene rings is 1. The number of carbonyl (C=O) groups is 1. The Bertz CT molecular complexity index is 786. The SMILES string of the molecule is O=C(c1sccc1Cl)N(Cc1ccccc1)CC(O)c1ccco1. The molecule has 1 N–H and O–H groups in total. The molecular formula is C18H16ClNO3S. The van der Waals surface area contributed by atoms with Gasteiger partial charge < -0.3 is 14.4 Å². The van der Waals surface area contributed by atoms with Crippen molar-refractivity contribution in [1.82, 2.24) is 4.90 Å². The zero-order chi connectivity index (χ0) is 16.9. The van der Waals surface area contributed by atoms with E-state index in [9.17, 15) is 9.90 Å². The third-order valence-electron chi connectivity index (χ3n) is 3.58. The van der Waals surface area contributed by atoms with Crippen LogP contribution in [0.4, 0.5) is 0 Å². The van der Waals surface area contributed by atoms with Gasteiger partial charge >= 0.3 is 0 Å². The third kappa shape index (κ3) is 3.87. The summed E-state index contributed by atoms with van der Waals surface area (Å²) >= 11 is 7.39. The van der Waals surface area contributed by atoms with E-state index >= 15 is 0 Å². The van der Waals surface area contributed by atoms with Crippen LogP contribution in [0.1, 0.15) is 27.1 Å². The fourth-order valence-corrected chi connectivity index (χ4v) is 3.50. The van der Waals surface area contributed by atoms with Gasteiger partial charge in [-0.25, -0.2) is 0 Å². The summed E-state index contributed by atoms with van der Waals surface area (Å²) in [6.07, 6.45) is 0.601. The topological polar surface area (TPSA) is 53.7 Å². The van der Waals surface area contributed by atoms with Crippen molar-refractivity contribution >= 4 is 28.8 Å². The molecule has 2 heterocycles. The number of rotatable bonds is 6. The van der Waals surface area contributed by atoms with E-state index in [-0.39, 0.29) is 12.5 Å². The molecule has 1 unspecified atom stereocenters. The van der Waals surface area contributed by atoms with Crippen LogP contribution < -0.4 is 0 Å². The molecule has 1 atom stereocenters. The van der Waals surface area contributed by atoms with Gasteiger partial charge in [-0.2, -0.15) is 0 Å². The molecule has 4 nitrogen and oxygen atoms in total. The van der Waals surface area contributed by atoms with Gasteiger partial charge in [-0.1, -0.05) is 41.9 Å². The van der Waals surface area contributed by atoms with E-state index < -0.39 is 6.10 Å². The van der Waals surface area contributed by atoms with Gasteiger partial charge in [0.25, 0.3) is 5.91 Å². The molecule has 2 aromatic heterocycles. The van der Waals surface area contributed by atoms with E-state index in [1.54, 1.807) is 28.5 Å². The highest BCUT2D eigenvalue weighted by Gasteiger charge is 2.24. The van der Waals surface area contributed by atoms with Gasteiger partial charge in [-0.3, -0.25) is 4.79 Å². The number of carbonyl (C=O) groups excluding carboxylic acids is 1. The molecule has 124 valence electrons. The summed E-state index contributed by atoms with van der Waals surface area (Å²) in [6, 6.07) is 14.7. The van der Waals surface area contributed by atoms with E-state index in [1.165, 1.54) is 17.6 Å². The Morgan fingerprint density at radius 1 is 1.21 bits per heavy atom. The largest absolute Gasteiger partial charge is 0.467 e. The van der Waals surface area contributed by atoms with Crippen molar-refractivity contribution < 1.29 is 14.3 Å². The summed E-state index contributed by atoms with van der Waals surface area (Å²) in [4.78, 5) is 14.9. The van der Waals surface area contributed by atoms with Gasteiger partial charge in [-0.15, -0.1) is 11.3 Å². The first kappa shape index (κ1) is 16.8. The van der Waals surface area contributed by atoms with Crippen molar-refractivity contribution in [3.05, 3.63) is 81.4 Å². The van der Waals surface area contributed by atoms with E-state index in [4.69, 9.17) is 16.0 Å². The van der Waals surface area contributed by atoms with Crippen LogP contribution in [0.2, 0.25) is 5.02 Å². The lowest BCUT2D eigenvalue weighted by atomic mass is 10.2. The van der Waals surface area contributed by atoms with Crippen molar-refractivity contribution in [1.29, 1.82) is 0 Å². The first-order valence-electron chi connectivity index (χ1n) is 7.43. The number of halogens is 1. The number of hydrogen-bond donors (Lipinski definition) is 1. The van der Waals surface area contributed by atoms with E-state index in [0.717, 1.165) is 5.56 Å². The first-order valence-corrected chi connectivity index (χ1v) is 8.68. The quantitative estimate of drug-likeness (QED) is 0.709. The maximum absolute atomic E-state index is 12.8. The Hall–Kier alpha value is -2.08. The molecule has 0 saturated heterocycles. The fraction of sp³-hybridized carbons (Fsp3) is 0.167. The number of hydrogen-bond acceptors (Lipinski definition) is 4. The monoisotopic (exact) mass is 361 g/mol. The average Bonchev–Trinajstić information content (AvgIpc) is 3.26. The van der Waals surface area contributed by atoms with Gasteiger partial charge in [-0.05, 0) is 29.1 Å². The van der Waals surface area contributed by atoms with Crippen molar-refractivity contribution in [2.24, 2.45) is 0 Å². The Morgan fingerprint density at radius 3 is 2.62 bits per heavy atom. The Kier molecular flexibility index (Phi) is 5.35. The molecule has 0 fully saturated rings. The molecule has 24 heavy (non-hydrogen) atoms. The van der Waals surface area contributed by atoms with Gasteiger partial charge in [0, 0.05) is 6.54 Å². The zero-order valence-electron chi connectivity index (χ0n) is 12.8. The number of furan rings is 1. The maximum atomic E-state index is 12.8. The molecule has 0 spiro atoms. The van der Waals surface area contributed by atoms with Crippen LogP contribution in [0.3, 0.4) is 0 Å². The summed E-state index contributed by atoms with van der Waals surface area (Å²) in [7, 11) is 0. The summed E-state index contributed by atoms with van der Waals surface area (Å²) in [5.41, 5.74) is 0.977. The lowest BCUT2D eigenvalue weighted by Gasteiger charge is -2.24. The van der Waals surface area contributed by atoms with Crippen LogP contribution in [0, 0.1) is 0 Å². The van der Waals surface area contributed by atoms with E-state index in [2.05, 4.69) is 0 Å². The second-order valence-corrected chi connectivity index (χ2v) is 6.62. The molecule has 1 amide bonds. The molecule has 0 bridgehead atoms. The van der Waals surface area contributed by atoms with Gasteiger partial charge in [0.15, 0.2) is 0 Å². The summed E-state index contributed by atoms with van der Waals surface area (Å²) in [5.74, 6) is 0.225. The highest BCUT2D eigenvalue weighted by atomic mass is 35.5. The van der Waals surface area contributed by atoms with Crippen LogP contribution in [0.25, 0.3) is 0 Å². The minimum atomic E-state index is -0.897. The minimum Gasteiger partial charge on any atom is -0.467 e. The van der Waals surface area contributed by atoms with Gasteiger partial charge in [0.1, 0.15) is 16.7 Å². The second-order valence-electron chi connectivity index (χ2n) is 5.30. The lowest BCUT2D eigenvalue weighted by Crippen LogP contribution is -2.34. The molecular weight excluding hydrogens is 346 g/mol. The number of aliphatic hydroxyl groups excluding tert-OH is 1. The molecule has 0 radical (unpaired) electrons. The molecule has 0 aliphatic rings. The van der Waals surface area contributed by atoms with Crippen molar-refractivity contribution in [3.8, 4) is 0 Å². The van der Waals surface area contributed by atoms with Gasteiger partial charge in [0.05, 0.1) is 17.8 Å². The first-order chi connectivity index (χ1) is 11.6. The fourth-order valence-electron chi connectivity index (χ4n) is 2.39. The van der Waals surface area contributed by atoms with E-state index in [1.807, 2.05) is 30.3 Å². The van der Waals surface area contributed by atoms with Crippen molar-refractivity contribution in [2.45, 2.75) is 12.6 Å². The highest BCUT2D eigenvalue weighted by molar-refractivity contribution is 7.12. The predicted molar refractivity (Wildman–Crippen MR) is 94.2 cm³/mol. The minimum absolute atomic E-state index is 0.121. The molecule has 0 saturated carbocycles. The number of benzene rings is 1. The number of amides is 1. The van der Waals surface area contributed by atoms with Gasteiger partial charge in [0.2, 0.25) is 0 Å². The maximum Gasteiger partial charge on any atom is 0.265 e. The van der Waals surface area contributed by atoms with Crippen LogP contribution in [0.15, 0.2) is 64.6 Å². The van der Waals surface area contributed by atoms with Crippen molar-refractivity contribution in [2.75, 3.05) is 6.54 Å². The second kappa shape index (κ2) is 7.66. The average molecular weight is 362 g/mol. The molecule has 0 aliphatic heterocycles. The highest BCUT2D eigenvalue weighted by Crippen LogP contribution is 2.26. The number of aliphatic hydroxyl groups is 1. The molecule has 6 heteroatoms. The van der Waals surface area contributed by atoms with Crippen LogP contribution in [-0.2, 0) is 6.54 Å². The molecule has 3 rings (SSSR count). The summed E-state index contributed by atoms with van der Waals surface area (Å²) in [5, 5.41) is 12.6. The van der Waals surface area contributed by atoms with Crippen LogP contribution >= 0.6 is 22.9 Å². The summed E-state index contributed by atoms with van der Waals surface area (Å²) in [6.45, 7) is 0.501. The summed E-state index contributed by atoms with van der Waals surface area (Å²) < 4.78 is 5.23. The third-order valence-corrected chi connectivity index (χ3v) is 4.91. The van der Waals surface area contributed by atoms with Crippen LogP contribution in [0.5, 0.6) is 0 Å². The van der Waals surface area contributed by atoms with Crippen molar-refractivity contribution in [3.63, 3.8) is 0 Å². The lowest BCUT2D eigenvalue weighted by molar-refractivity contribution is 0.0567. The standard InChI is InChI=1S/C18H16ClNO3S/c19-14-8-10-24-17(14)18(22)20(11-13-5-2-1-3-6-13)12-15(21)16-7-4-9-23-16/h1-10,15,21H,11-12H2. The normalized spacial score (nSPS) is 12.1. The Labute approximate surface area is 148 Å². The molecule has 0 aliphatic carbocycles. The Balaban J connectivity index is 1.83. The van der Waals surface area contributed by atoms with E-state index in [0.29, 0.717) is 22.2 Å². The molecule has 3 aromatic rings. The molecule has 1 aromatic carbocycles.